The van der Waals surface area contributed by atoms with E-state index in [1.54, 1.807) is 6.07 Å². The molecule has 2 rings (SSSR count). The minimum atomic E-state index is -0.962. The minimum Gasteiger partial charge on any atom is -0.478 e. The van der Waals surface area contributed by atoms with E-state index in [2.05, 4.69) is 15.9 Å². The molecule has 0 bridgehead atoms. The Hall–Kier alpha value is -1.81. The van der Waals surface area contributed by atoms with E-state index >= 15 is 0 Å². The van der Waals surface area contributed by atoms with Crippen LogP contribution < -0.4 is 4.74 Å². The molecule has 0 saturated carbocycles. The molecular weight excluding hydrogens is 320 g/mol. The Labute approximate surface area is 126 Å². The predicted molar refractivity (Wildman–Crippen MR) is 81.1 cm³/mol. The third-order valence-electron chi connectivity index (χ3n) is 2.97. The monoisotopic (exact) mass is 334 g/mol. The number of hydrogen-bond donors (Lipinski definition) is 1. The summed E-state index contributed by atoms with van der Waals surface area (Å²) in [4.78, 5) is 11.4. The lowest BCUT2D eigenvalue weighted by Crippen LogP contribution is -2.29. The first-order valence-corrected chi connectivity index (χ1v) is 7.05. The molecule has 2 aromatic rings. The van der Waals surface area contributed by atoms with Crippen molar-refractivity contribution < 1.29 is 14.6 Å². The number of hydrogen-bond acceptors (Lipinski definition) is 2. The second-order valence-corrected chi connectivity index (χ2v) is 5.46. The zero-order valence-electron chi connectivity index (χ0n) is 11.0. The van der Waals surface area contributed by atoms with Gasteiger partial charge in [-0.05, 0) is 36.2 Å². The molecule has 0 saturated heterocycles. The fourth-order valence-corrected chi connectivity index (χ4v) is 2.12. The first-order valence-electron chi connectivity index (χ1n) is 6.26. The van der Waals surface area contributed by atoms with Gasteiger partial charge in [-0.15, -0.1) is 0 Å². The first-order chi connectivity index (χ1) is 9.56. The van der Waals surface area contributed by atoms with E-state index in [0.29, 0.717) is 12.2 Å². The lowest BCUT2D eigenvalue weighted by Gasteiger charge is -2.16. The predicted octanol–water partition coefficient (Wildman–Crippen LogP) is 3.83. The number of para-hydroxylation sites is 1. The Morgan fingerprint density at radius 2 is 1.85 bits per heavy atom. The number of carboxylic acids is 1. The van der Waals surface area contributed by atoms with Crippen LogP contribution in [-0.4, -0.2) is 17.2 Å². The van der Waals surface area contributed by atoms with E-state index in [1.165, 1.54) is 0 Å². The fraction of sp³-hybridized carbons (Fsp3) is 0.188. The summed E-state index contributed by atoms with van der Waals surface area (Å²) < 4.78 is 6.60. The molecule has 1 atom stereocenters. The van der Waals surface area contributed by atoms with Crippen LogP contribution in [0.15, 0.2) is 53.0 Å². The number of aliphatic carboxylic acids is 1. The van der Waals surface area contributed by atoms with Gasteiger partial charge in [0.15, 0.2) is 6.10 Å². The summed E-state index contributed by atoms with van der Waals surface area (Å²) >= 11 is 3.36. The van der Waals surface area contributed by atoms with Crippen molar-refractivity contribution in [2.24, 2.45) is 0 Å². The molecule has 20 heavy (non-hydrogen) atoms. The number of aryl methyl sites for hydroxylation is 1. The Kier molecular flexibility index (Phi) is 4.79. The molecule has 0 aromatic heterocycles. The van der Waals surface area contributed by atoms with E-state index in [-0.39, 0.29) is 0 Å². The van der Waals surface area contributed by atoms with E-state index < -0.39 is 12.1 Å². The van der Waals surface area contributed by atoms with Gasteiger partial charge < -0.3 is 9.84 Å². The second-order valence-electron chi connectivity index (χ2n) is 4.54. The molecule has 0 unspecified atom stereocenters. The molecule has 0 aliphatic carbocycles. The van der Waals surface area contributed by atoms with Gasteiger partial charge in [0, 0.05) is 10.9 Å². The summed E-state index contributed by atoms with van der Waals surface area (Å²) in [5.74, 6) is -0.354. The highest BCUT2D eigenvalue weighted by Crippen LogP contribution is 2.20. The van der Waals surface area contributed by atoms with Crippen molar-refractivity contribution in [3.63, 3.8) is 0 Å². The van der Waals surface area contributed by atoms with Gasteiger partial charge in [0.25, 0.3) is 0 Å². The molecule has 0 heterocycles. The Morgan fingerprint density at radius 1 is 1.20 bits per heavy atom. The quantitative estimate of drug-likeness (QED) is 0.903. The Bertz CT molecular complexity index is 593. The highest BCUT2D eigenvalue weighted by molar-refractivity contribution is 9.10. The van der Waals surface area contributed by atoms with Gasteiger partial charge in [-0.3, -0.25) is 0 Å². The van der Waals surface area contributed by atoms with Crippen molar-refractivity contribution in [3.8, 4) is 5.75 Å². The number of rotatable bonds is 5. The van der Waals surface area contributed by atoms with Gasteiger partial charge in [-0.1, -0.05) is 46.3 Å². The summed E-state index contributed by atoms with van der Waals surface area (Å²) in [7, 11) is 0. The SMILES string of the molecule is Cc1ccccc1O[C@@H](Cc1ccc(Br)cc1)C(=O)O. The molecule has 1 N–H and O–H groups in total. The summed E-state index contributed by atoms with van der Waals surface area (Å²) in [6, 6.07) is 15.0. The van der Waals surface area contributed by atoms with Gasteiger partial charge >= 0.3 is 5.97 Å². The lowest BCUT2D eigenvalue weighted by atomic mass is 10.1. The molecule has 0 aliphatic heterocycles. The van der Waals surface area contributed by atoms with Crippen LogP contribution in [0, 0.1) is 6.92 Å². The smallest absolute Gasteiger partial charge is 0.345 e. The zero-order chi connectivity index (χ0) is 14.5. The number of carboxylic acid groups (broad SMARTS) is 1. The Morgan fingerprint density at radius 3 is 2.45 bits per heavy atom. The van der Waals surface area contributed by atoms with Crippen LogP contribution in [0.5, 0.6) is 5.75 Å². The average Bonchev–Trinajstić information content (AvgIpc) is 2.42. The highest BCUT2D eigenvalue weighted by Gasteiger charge is 2.20. The fourth-order valence-electron chi connectivity index (χ4n) is 1.86. The highest BCUT2D eigenvalue weighted by atomic mass is 79.9. The van der Waals surface area contributed by atoms with Gasteiger partial charge in [0.05, 0.1) is 0 Å². The molecule has 0 aliphatic rings. The second kappa shape index (κ2) is 6.57. The lowest BCUT2D eigenvalue weighted by molar-refractivity contribution is -0.145. The normalized spacial score (nSPS) is 11.9. The summed E-state index contributed by atoms with van der Waals surface area (Å²) in [5, 5.41) is 9.31. The van der Waals surface area contributed by atoms with Crippen molar-refractivity contribution >= 4 is 21.9 Å². The van der Waals surface area contributed by atoms with E-state index in [1.807, 2.05) is 49.4 Å². The number of ether oxygens (including phenoxy) is 1. The average molecular weight is 335 g/mol. The molecule has 0 radical (unpaired) electrons. The van der Waals surface area contributed by atoms with Gasteiger partial charge in [-0.2, -0.15) is 0 Å². The van der Waals surface area contributed by atoms with Crippen LogP contribution in [0.4, 0.5) is 0 Å². The number of carbonyl (C=O) groups is 1. The number of halogens is 1. The molecular formula is C16H15BrO3. The third kappa shape index (κ3) is 3.84. The maximum Gasteiger partial charge on any atom is 0.345 e. The van der Waals surface area contributed by atoms with Crippen molar-refractivity contribution in [1.29, 1.82) is 0 Å². The van der Waals surface area contributed by atoms with Crippen LogP contribution >= 0.6 is 15.9 Å². The van der Waals surface area contributed by atoms with Crippen LogP contribution in [0.3, 0.4) is 0 Å². The maximum absolute atomic E-state index is 11.4. The van der Waals surface area contributed by atoms with Crippen molar-refractivity contribution in [2.45, 2.75) is 19.4 Å². The van der Waals surface area contributed by atoms with E-state index in [9.17, 15) is 9.90 Å². The van der Waals surface area contributed by atoms with Gasteiger partial charge in [0.2, 0.25) is 0 Å². The molecule has 2 aromatic carbocycles. The van der Waals surface area contributed by atoms with E-state index in [0.717, 1.165) is 15.6 Å². The van der Waals surface area contributed by atoms with Crippen molar-refractivity contribution in [2.75, 3.05) is 0 Å². The van der Waals surface area contributed by atoms with Crippen LogP contribution in [0.25, 0.3) is 0 Å². The van der Waals surface area contributed by atoms with Gasteiger partial charge in [-0.25, -0.2) is 4.79 Å². The van der Waals surface area contributed by atoms with Crippen molar-refractivity contribution in [3.05, 3.63) is 64.1 Å². The molecule has 3 nitrogen and oxygen atoms in total. The topological polar surface area (TPSA) is 46.5 Å². The summed E-state index contributed by atoms with van der Waals surface area (Å²) in [6.45, 7) is 1.90. The largest absolute Gasteiger partial charge is 0.478 e. The molecule has 4 heteroatoms. The van der Waals surface area contributed by atoms with Gasteiger partial charge in [0.1, 0.15) is 5.75 Å². The van der Waals surface area contributed by atoms with Crippen molar-refractivity contribution in [1.82, 2.24) is 0 Å². The summed E-state index contributed by atoms with van der Waals surface area (Å²) in [6.07, 6.45) is -0.561. The van der Waals surface area contributed by atoms with E-state index in [4.69, 9.17) is 4.74 Å². The minimum absolute atomic E-state index is 0.330. The zero-order valence-corrected chi connectivity index (χ0v) is 12.6. The third-order valence-corrected chi connectivity index (χ3v) is 3.50. The van der Waals surface area contributed by atoms with Crippen LogP contribution in [0.1, 0.15) is 11.1 Å². The molecule has 104 valence electrons. The molecule has 0 amide bonds. The summed E-state index contributed by atoms with van der Waals surface area (Å²) in [5.41, 5.74) is 1.85. The van der Waals surface area contributed by atoms with Crippen LogP contribution in [0.2, 0.25) is 0 Å². The first kappa shape index (κ1) is 14.6. The molecule has 0 spiro atoms. The molecule has 0 fully saturated rings. The Balaban J connectivity index is 2.14. The van der Waals surface area contributed by atoms with Crippen LogP contribution in [-0.2, 0) is 11.2 Å². The standard InChI is InChI=1S/C16H15BrO3/c1-11-4-2-3-5-14(11)20-15(16(18)19)10-12-6-8-13(17)9-7-12/h2-9,15H,10H2,1H3,(H,18,19)/t15-/m0/s1. The maximum atomic E-state index is 11.4. The number of benzene rings is 2.